The molecule has 32 heavy (non-hydrogen) atoms. The first kappa shape index (κ1) is 22.8. The average molecular weight is 442 g/mol. The molecule has 1 unspecified atom stereocenters. The summed E-state index contributed by atoms with van der Waals surface area (Å²) in [5.41, 5.74) is 1.13. The van der Waals surface area contributed by atoms with Crippen LogP contribution in [0.5, 0.6) is 0 Å². The molecule has 8 heteroatoms. The Hall–Kier alpha value is -2.35. The lowest BCUT2D eigenvalue weighted by molar-refractivity contribution is -0.135. The van der Waals surface area contributed by atoms with E-state index in [-0.39, 0.29) is 12.0 Å². The number of rotatable bonds is 5. The Balaban J connectivity index is 1.21. The average Bonchev–Trinajstić information content (AvgIpc) is 3.31. The van der Waals surface area contributed by atoms with Crippen LogP contribution in [0.4, 0.5) is 5.82 Å². The van der Waals surface area contributed by atoms with Gasteiger partial charge in [0.15, 0.2) is 5.96 Å². The van der Waals surface area contributed by atoms with Crippen molar-refractivity contribution >= 4 is 17.7 Å². The molecular weight excluding hydrogens is 402 g/mol. The van der Waals surface area contributed by atoms with Gasteiger partial charge < -0.3 is 25.3 Å². The molecule has 0 bridgehead atoms. The second-order valence-corrected chi connectivity index (χ2v) is 9.49. The highest BCUT2D eigenvalue weighted by atomic mass is 16.2. The van der Waals surface area contributed by atoms with Gasteiger partial charge in [0.25, 0.3) is 0 Å². The third-order valence-electron chi connectivity index (χ3n) is 7.12. The van der Waals surface area contributed by atoms with Crippen molar-refractivity contribution in [2.45, 2.75) is 51.1 Å². The molecular formula is C24H39N7O. The van der Waals surface area contributed by atoms with Crippen molar-refractivity contribution in [2.75, 3.05) is 58.3 Å². The van der Waals surface area contributed by atoms with Crippen molar-refractivity contribution in [1.29, 1.82) is 0 Å². The Kier molecular flexibility index (Phi) is 7.84. The van der Waals surface area contributed by atoms with Gasteiger partial charge >= 0.3 is 0 Å². The number of amides is 1. The van der Waals surface area contributed by atoms with Gasteiger partial charge in [0, 0.05) is 71.0 Å². The third kappa shape index (κ3) is 5.91. The van der Waals surface area contributed by atoms with E-state index in [9.17, 15) is 4.79 Å². The maximum atomic E-state index is 12.8. The fourth-order valence-corrected chi connectivity index (χ4v) is 5.00. The van der Waals surface area contributed by atoms with Gasteiger partial charge in [0.1, 0.15) is 5.82 Å². The van der Waals surface area contributed by atoms with Crippen LogP contribution in [0, 0.1) is 5.92 Å². The van der Waals surface area contributed by atoms with Crippen molar-refractivity contribution in [1.82, 2.24) is 25.4 Å². The summed E-state index contributed by atoms with van der Waals surface area (Å²) in [7, 11) is 3.96. The van der Waals surface area contributed by atoms with E-state index in [1.165, 1.54) is 19.3 Å². The van der Waals surface area contributed by atoms with Crippen LogP contribution in [0.2, 0.25) is 0 Å². The van der Waals surface area contributed by atoms with Crippen LogP contribution in [0.1, 0.15) is 44.1 Å². The molecule has 4 rings (SSSR count). The number of hydrogen-bond donors (Lipinski definition) is 2. The molecule has 0 spiro atoms. The zero-order valence-electron chi connectivity index (χ0n) is 19.7. The summed E-state index contributed by atoms with van der Waals surface area (Å²) < 4.78 is 0. The highest BCUT2D eigenvalue weighted by Crippen LogP contribution is 2.26. The Morgan fingerprint density at radius 2 is 1.88 bits per heavy atom. The highest BCUT2D eigenvalue weighted by Gasteiger charge is 2.31. The quantitative estimate of drug-likeness (QED) is 0.535. The molecule has 2 N–H and O–H groups in total. The van der Waals surface area contributed by atoms with Gasteiger partial charge in [-0.1, -0.05) is 25.3 Å². The number of aromatic nitrogens is 1. The van der Waals surface area contributed by atoms with E-state index < -0.39 is 0 Å². The van der Waals surface area contributed by atoms with Crippen LogP contribution in [-0.4, -0.2) is 86.1 Å². The molecule has 3 heterocycles. The summed E-state index contributed by atoms with van der Waals surface area (Å²) in [6.07, 6.45) is 8.75. The number of piperazine rings is 1. The molecule has 3 fully saturated rings. The van der Waals surface area contributed by atoms with Gasteiger partial charge in [-0.3, -0.25) is 9.79 Å². The number of likely N-dealkylation sites (N-methyl/N-ethyl adjacent to an activating group) is 1. The molecule has 176 valence electrons. The molecule has 1 saturated carbocycles. The minimum absolute atomic E-state index is 0.251. The van der Waals surface area contributed by atoms with Gasteiger partial charge in [-0.25, -0.2) is 4.98 Å². The number of guanidine groups is 1. The molecule has 1 amide bonds. The van der Waals surface area contributed by atoms with Crippen molar-refractivity contribution in [3.05, 3.63) is 23.9 Å². The van der Waals surface area contributed by atoms with E-state index in [0.29, 0.717) is 12.5 Å². The molecule has 1 aromatic heterocycles. The first-order valence-corrected chi connectivity index (χ1v) is 12.3. The van der Waals surface area contributed by atoms with Crippen molar-refractivity contribution in [3.8, 4) is 0 Å². The van der Waals surface area contributed by atoms with Crippen LogP contribution in [-0.2, 0) is 11.3 Å². The highest BCUT2D eigenvalue weighted by molar-refractivity contribution is 5.81. The van der Waals surface area contributed by atoms with Gasteiger partial charge in [-0.05, 0) is 37.9 Å². The van der Waals surface area contributed by atoms with Gasteiger partial charge in [0.05, 0.1) is 0 Å². The third-order valence-corrected chi connectivity index (χ3v) is 7.12. The molecule has 2 aliphatic heterocycles. The lowest BCUT2D eigenvalue weighted by Gasteiger charge is -2.33. The summed E-state index contributed by atoms with van der Waals surface area (Å²) in [4.78, 5) is 28.6. The molecule has 2 saturated heterocycles. The molecule has 1 aliphatic carbocycles. The number of pyridine rings is 1. The van der Waals surface area contributed by atoms with E-state index in [4.69, 9.17) is 0 Å². The van der Waals surface area contributed by atoms with Gasteiger partial charge in [0.2, 0.25) is 5.91 Å². The molecule has 8 nitrogen and oxygen atoms in total. The van der Waals surface area contributed by atoms with Crippen molar-refractivity contribution in [2.24, 2.45) is 10.9 Å². The van der Waals surface area contributed by atoms with Crippen LogP contribution < -0.4 is 15.5 Å². The summed E-state index contributed by atoms with van der Waals surface area (Å²) in [6, 6.07) is 4.51. The SMILES string of the molecule is CN=C(NCc1ccc(N2CCN(C)CC2)nc1)NC1CCN(C(=O)C2CCCCC2)C1. The number of anilines is 1. The predicted molar refractivity (Wildman–Crippen MR) is 129 cm³/mol. The Bertz CT molecular complexity index is 767. The summed E-state index contributed by atoms with van der Waals surface area (Å²) in [6.45, 7) is 6.51. The molecule has 0 aromatic carbocycles. The number of likely N-dealkylation sites (tertiary alicyclic amines) is 1. The van der Waals surface area contributed by atoms with Crippen LogP contribution >= 0.6 is 0 Å². The predicted octanol–water partition coefficient (Wildman–Crippen LogP) is 1.68. The Morgan fingerprint density at radius 3 is 2.56 bits per heavy atom. The number of aliphatic imine (C=N–C) groups is 1. The fourth-order valence-electron chi connectivity index (χ4n) is 5.00. The second-order valence-electron chi connectivity index (χ2n) is 9.49. The van der Waals surface area contributed by atoms with E-state index in [0.717, 1.165) is 75.9 Å². The maximum absolute atomic E-state index is 12.8. The molecule has 3 aliphatic rings. The lowest BCUT2D eigenvalue weighted by Crippen LogP contribution is -2.45. The lowest BCUT2D eigenvalue weighted by atomic mass is 9.88. The Morgan fingerprint density at radius 1 is 1.09 bits per heavy atom. The van der Waals surface area contributed by atoms with Crippen LogP contribution in [0.15, 0.2) is 23.3 Å². The van der Waals surface area contributed by atoms with Crippen LogP contribution in [0.3, 0.4) is 0 Å². The van der Waals surface area contributed by atoms with Gasteiger partial charge in [-0.15, -0.1) is 0 Å². The fraction of sp³-hybridized carbons (Fsp3) is 0.708. The minimum Gasteiger partial charge on any atom is -0.354 e. The first-order chi connectivity index (χ1) is 15.6. The van der Waals surface area contributed by atoms with Crippen LogP contribution in [0.25, 0.3) is 0 Å². The number of hydrogen-bond acceptors (Lipinski definition) is 5. The zero-order chi connectivity index (χ0) is 22.3. The first-order valence-electron chi connectivity index (χ1n) is 12.3. The number of carbonyl (C=O) groups excluding carboxylic acids is 1. The topological polar surface area (TPSA) is 76.1 Å². The van der Waals surface area contributed by atoms with E-state index in [2.05, 4.69) is 54.5 Å². The van der Waals surface area contributed by atoms with E-state index in [1.54, 1.807) is 7.05 Å². The molecule has 1 atom stereocenters. The zero-order valence-corrected chi connectivity index (χ0v) is 19.7. The van der Waals surface area contributed by atoms with Crippen molar-refractivity contribution < 1.29 is 4.79 Å². The summed E-state index contributed by atoms with van der Waals surface area (Å²) in [5, 5.41) is 6.90. The van der Waals surface area contributed by atoms with E-state index in [1.807, 2.05) is 6.20 Å². The van der Waals surface area contributed by atoms with Gasteiger partial charge in [-0.2, -0.15) is 0 Å². The Labute approximate surface area is 192 Å². The second kappa shape index (κ2) is 11.0. The van der Waals surface area contributed by atoms with E-state index >= 15 is 0 Å². The summed E-state index contributed by atoms with van der Waals surface area (Å²) in [5.74, 6) is 2.45. The standard InChI is InChI=1S/C24H39N7O/c1-25-24(28-21-10-11-31(18-21)23(32)20-6-4-3-5-7-20)27-17-19-8-9-22(26-16-19)30-14-12-29(2)13-15-30/h8-9,16,20-21H,3-7,10-15,17-18H2,1-2H3,(H2,25,27,28). The van der Waals surface area contributed by atoms with Crippen molar-refractivity contribution in [3.63, 3.8) is 0 Å². The number of nitrogens with zero attached hydrogens (tertiary/aromatic N) is 5. The maximum Gasteiger partial charge on any atom is 0.225 e. The smallest absolute Gasteiger partial charge is 0.225 e. The number of nitrogens with one attached hydrogen (secondary N) is 2. The molecule has 1 aromatic rings. The molecule has 0 radical (unpaired) electrons. The largest absolute Gasteiger partial charge is 0.354 e. The normalized spacial score (nSPS) is 23.4. The number of carbonyl (C=O) groups is 1. The monoisotopic (exact) mass is 441 g/mol. The summed E-state index contributed by atoms with van der Waals surface area (Å²) >= 11 is 0. The minimum atomic E-state index is 0.251.